The summed E-state index contributed by atoms with van der Waals surface area (Å²) in [4.78, 5) is 47.1. The molecule has 0 bridgehead atoms. The number of carbonyl (C=O) groups is 2. The quantitative estimate of drug-likeness (QED) is 0.561. The Bertz CT molecular complexity index is 1150. The number of benzene rings is 1. The molecule has 9 heteroatoms. The molecule has 0 aliphatic heterocycles. The van der Waals surface area contributed by atoms with Gasteiger partial charge in [-0.15, -0.1) is 11.3 Å². The third-order valence-electron chi connectivity index (χ3n) is 4.88. The van der Waals surface area contributed by atoms with Gasteiger partial charge in [0.2, 0.25) is 5.91 Å². The van der Waals surface area contributed by atoms with Crippen molar-refractivity contribution in [1.82, 2.24) is 14.9 Å². The number of aromatic nitrogens is 2. The lowest BCUT2D eigenvalue weighted by molar-refractivity contribution is -0.117. The number of H-pyrrole nitrogens is 1. The highest BCUT2D eigenvalue weighted by Gasteiger charge is 2.22. The molecule has 0 fully saturated rings. The van der Waals surface area contributed by atoms with Crippen LogP contribution in [0.25, 0.3) is 10.9 Å². The summed E-state index contributed by atoms with van der Waals surface area (Å²) in [6.07, 6.45) is 0. The van der Waals surface area contributed by atoms with Gasteiger partial charge in [-0.3, -0.25) is 14.5 Å². The molecule has 0 saturated heterocycles. The van der Waals surface area contributed by atoms with Gasteiger partial charge in [0, 0.05) is 4.88 Å². The Kier molecular flexibility index (Phi) is 6.63. The number of anilines is 1. The second-order valence-corrected chi connectivity index (χ2v) is 8.08. The molecule has 1 amide bonds. The van der Waals surface area contributed by atoms with Crippen molar-refractivity contribution < 1.29 is 14.3 Å². The van der Waals surface area contributed by atoms with Gasteiger partial charge in [0.1, 0.15) is 10.8 Å². The van der Waals surface area contributed by atoms with Gasteiger partial charge < -0.3 is 15.0 Å². The minimum atomic E-state index is -0.475. The standard InChI is InChI=1S/C21H24N4O4S/c1-5-25(10-16-22-15-9-7-6-8-14(15)19(27)23-16)11-17(26)24-20-18(21(28)29-4)12(2)13(3)30-20/h6-9H,5,10-11H2,1-4H3,(H,24,26)(H,22,23,27). The Morgan fingerprint density at radius 3 is 2.70 bits per heavy atom. The van der Waals surface area contributed by atoms with E-state index in [1.807, 2.05) is 31.7 Å². The average molecular weight is 429 g/mol. The fraction of sp³-hybridized carbons (Fsp3) is 0.333. The SMILES string of the molecule is CCN(CC(=O)Nc1sc(C)c(C)c1C(=O)OC)Cc1nc2ccccc2c(=O)[nH]1. The molecule has 2 N–H and O–H groups in total. The van der Waals surface area contributed by atoms with Crippen molar-refractivity contribution in [2.45, 2.75) is 27.3 Å². The molecule has 0 atom stereocenters. The summed E-state index contributed by atoms with van der Waals surface area (Å²) >= 11 is 1.34. The summed E-state index contributed by atoms with van der Waals surface area (Å²) in [5, 5.41) is 3.83. The molecule has 1 aromatic carbocycles. The van der Waals surface area contributed by atoms with Crippen molar-refractivity contribution in [1.29, 1.82) is 0 Å². The van der Waals surface area contributed by atoms with E-state index in [2.05, 4.69) is 15.3 Å². The normalized spacial score (nSPS) is 11.1. The number of ether oxygens (including phenoxy) is 1. The van der Waals surface area contributed by atoms with E-state index in [4.69, 9.17) is 4.74 Å². The summed E-state index contributed by atoms with van der Waals surface area (Å²) in [7, 11) is 1.32. The van der Waals surface area contributed by atoms with E-state index >= 15 is 0 Å². The second kappa shape index (κ2) is 9.19. The Morgan fingerprint density at radius 2 is 2.00 bits per heavy atom. The van der Waals surface area contributed by atoms with Gasteiger partial charge in [-0.25, -0.2) is 9.78 Å². The monoisotopic (exact) mass is 428 g/mol. The number of hydrogen-bond acceptors (Lipinski definition) is 7. The molecule has 158 valence electrons. The lowest BCUT2D eigenvalue weighted by Gasteiger charge is -2.19. The zero-order valence-electron chi connectivity index (χ0n) is 17.4. The number of aryl methyl sites for hydroxylation is 1. The zero-order valence-corrected chi connectivity index (χ0v) is 18.2. The number of thiophene rings is 1. The molecule has 2 heterocycles. The van der Waals surface area contributed by atoms with E-state index in [9.17, 15) is 14.4 Å². The maximum atomic E-state index is 12.6. The number of nitrogens with zero attached hydrogens (tertiary/aromatic N) is 2. The first-order valence-electron chi connectivity index (χ1n) is 9.52. The Balaban J connectivity index is 1.74. The number of esters is 1. The number of likely N-dealkylation sites (N-methyl/N-ethyl adjacent to an activating group) is 1. The molecule has 0 unspecified atom stereocenters. The van der Waals surface area contributed by atoms with Crippen LogP contribution in [0.4, 0.5) is 5.00 Å². The first-order chi connectivity index (χ1) is 14.3. The van der Waals surface area contributed by atoms with Gasteiger partial charge in [-0.1, -0.05) is 19.1 Å². The third kappa shape index (κ3) is 4.58. The fourth-order valence-corrected chi connectivity index (χ4v) is 4.20. The molecular weight excluding hydrogens is 404 g/mol. The van der Waals surface area contributed by atoms with Crippen LogP contribution in [0.5, 0.6) is 0 Å². The lowest BCUT2D eigenvalue weighted by Crippen LogP contribution is -2.34. The van der Waals surface area contributed by atoms with Crippen molar-refractivity contribution in [2.75, 3.05) is 25.5 Å². The van der Waals surface area contributed by atoms with Crippen molar-refractivity contribution in [3.63, 3.8) is 0 Å². The van der Waals surface area contributed by atoms with E-state index in [1.54, 1.807) is 18.2 Å². The fourth-order valence-electron chi connectivity index (χ4n) is 3.13. The molecule has 0 aliphatic carbocycles. The molecule has 0 spiro atoms. The zero-order chi connectivity index (χ0) is 21.8. The number of aromatic amines is 1. The van der Waals surface area contributed by atoms with Crippen LogP contribution >= 0.6 is 11.3 Å². The van der Waals surface area contributed by atoms with Crippen LogP contribution in [0.2, 0.25) is 0 Å². The molecular formula is C21H24N4O4S. The van der Waals surface area contributed by atoms with Gasteiger partial charge in [0.05, 0.1) is 36.7 Å². The topological polar surface area (TPSA) is 104 Å². The van der Waals surface area contributed by atoms with Crippen LogP contribution in [0.3, 0.4) is 0 Å². The largest absolute Gasteiger partial charge is 0.465 e. The number of nitrogens with one attached hydrogen (secondary N) is 2. The molecule has 8 nitrogen and oxygen atoms in total. The third-order valence-corrected chi connectivity index (χ3v) is 6.00. The van der Waals surface area contributed by atoms with E-state index in [0.717, 1.165) is 10.4 Å². The molecule has 3 aromatic rings. The molecule has 0 radical (unpaired) electrons. The number of carbonyl (C=O) groups excluding carboxylic acids is 2. The summed E-state index contributed by atoms with van der Waals surface area (Å²) in [6.45, 7) is 6.62. The Hall–Kier alpha value is -3.04. The molecule has 30 heavy (non-hydrogen) atoms. The minimum Gasteiger partial charge on any atom is -0.465 e. The molecule has 0 aliphatic rings. The van der Waals surface area contributed by atoms with Crippen molar-refractivity contribution >= 4 is 39.1 Å². The second-order valence-electron chi connectivity index (χ2n) is 6.86. The number of fused-ring (bicyclic) bond motifs is 1. The number of methoxy groups -OCH3 is 1. The molecule has 3 rings (SSSR count). The van der Waals surface area contributed by atoms with Crippen molar-refractivity contribution in [3.8, 4) is 0 Å². The van der Waals surface area contributed by atoms with Crippen LogP contribution in [0.1, 0.15) is 33.5 Å². The number of rotatable bonds is 7. The van der Waals surface area contributed by atoms with Crippen LogP contribution in [0.15, 0.2) is 29.1 Å². The number of amides is 1. The summed E-state index contributed by atoms with van der Waals surface area (Å²) in [6, 6.07) is 7.12. The summed E-state index contributed by atoms with van der Waals surface area (Å²) in [5.74, 6) is -0.241. The minimum absolute atomic E-state index is 0.0869. The first-order valence-corrected chi connectivity index (χ1v) is 10.3. The van der Waals surface area contributed by atoms with Gasteiger partial charge in [0.25, 0.3) is 5.56 Å². The van der Waals surface area contributed by atoms with E-state index in [1.165, 1.54) is 18.4 Å². The van der Waals surface area contributed by atoms with Crippen LogP contribution in [-0.2, 0) is 16.1 Å². The van der Waals surface area contributed by atoms with Crippen molar-refractivity contribution in [3.05, 3.63) is 56.4 Å². The van der Waals surface area contributed by atoms with Gasteiger partial charge in [-0.05, 0) is 38.1 Å². The molecule has 2 aromatic heterocycles. The van der Waals surface area contributed by atoms with E-state index < -0.39 is 5.97 Å². The lowest BCUT2D eigenvalue weighted by atomic mass is 10.1. The van der Waals surface area contributed by atoms with Crippen LogP contribution in [0, 0.1) is 13.8 Å². The summed E-state index contributed by atoms with van der Waals surface area (Å²) < 4.78 is 4.84. The Morgan fingerprint density at radius 1 is 1.27 bits per heavy atom. The predicted molar refractivity (Wildman–Crippen MR) is 117 cm³/mol. The average Bonchev–Trinajstić information content (AvgIpc) is 3.00. The number of hydrogen-bond donors (Lipinski definition) is 2. The van der Waals surface area contributed by atoms with Gasteiger partial charge >= 0.3 is 5.97 Å². The van der Waals surface area contributed by atoms with Gasteiger partial charge in [0.15, 0.2) is 0 Å². The maximum Gasteiger partial charge on any atom is 0.341 e. The maximum absolute atomic E-state index is 12.6. The van der Waals surface area contributed by atoms with Crippen LogP contribution in [-0.4, -0.2) is 46.9 Å². The number of para-hydroxylation sites is 1. The highest BCUT2D eigenvalue weighted by Crippen LogP contribution is 2.32. The highest BCUT2D eigenvalue weighted by atomic mass is 32.1. The molecule has 0 saturated carbocycles. The Labute approximate surface area is 177 Å². The van der Waals surface area contributed by atoms with E-state index in [-0.39, 0.29) is 18.0 Å². The first kappa shape index (κ1) is 21.7. The summed E-state index contributed by atoms with van der Waals surface area (Å²) in [5.41, 5.74) is 1.59. The van der Waals surface area contributed by atoms with E-state index in [0.29, 0.717) is 40.4 Å². The highest BCUT2D eigenvalue weighted by molar-refractivity contribution is 7.16. The van der Waals surface area contributed by atoms with Crippen LogP contribution < -0.4 is 10.9 Å². The smallest absolute Gasteiger partial charge is 0.341 e. The predicted octanol–water partition coefficient (Wildman–Crippen LogP) is 2.85. The van der Waals surface area contributed by atoms with Gasteiger partial charge in [-0.2, -0.15) is 0 Å². The van der Waals surface area contributed by atoms with Crippen molar-refractivity contribution in [2.24, 2.45) is 0 Å².